The van der Waals surface area contributed by atoms with E-state index in [1.54, 1.807) is 17.0 Å². The van der Waals surface area contributed by atoms with Crippen LogP contribution in [0.25, 0.3) is 0 Å². The standard InChI is InChI=1S/C16H15N3O2/c1-2-19(11-13-6-4-3-5-12(13)8-17)16(21)14-7-15(20)10-18-9-14/h3-7,9-10,20H,2,11H2,1H3. The van der Waals surface area contributed by atoms with Gasteiger partial charge in [-0.3, -0.25) is 9.78 Å². The van der Waals surface area contributed by atoms with Crippen molar-refractivity contribution in [1.82, 2.24) is 9.88 Å². The second-order valence-corrected chi connectivity index (χ2v) is 4.52. The number of benzene rings is 1. The fourth-order valence-electron chi connectivity index (χ4n) is 2.03. The van der Waals surface area contributed by atoms with Gasteiger partial charge in [0, 0.05) is 19.3 Å². The van der Waals surface area contributed by atoms with Crippen LogP contribution in [0.2, 0.25) is 0 Å². The minimum Gasteiger partial charge on any atom is -0.506 e. The summed E-state index contributed by atoms with van der Waals surface area (Å²) >= 11 is 0. The van der Waals surface area contributed by atoms with Gasteiger partial charge in [0.2, 0.25) is 0 Å². The summed E-state index contributed by atoms with van der Waals surface area (Å²) in [7, 11) is 0. The topological polar surface area (TPSA) is 77.2 Å². The Bertz CT molecular complexity index is 692. The van der Waals surface area contributed by atoms with Gasteiger partial charge in [-0.25, -0.2) is 0 Å². The summed E-state index contributed by atoms with van der Waals surface area (Å²) in [5.74, 6) is -0.275. The quantitative estimate of drug-likeness (QED) is 0.933. The predicted molar refractivity (Wildman–Crippen MR) is 77.5 cm³/mol. The number of aromatic nitrogens is 1. The minimum atomic E-state index is -0.228. The van der Waals surface area contributed by atoms with Crippen LogP contribution < -0.4 is 0 Å². The number of nitrogens with zero attached hydrogens (tertiary/aromatic N) is 3. The Balaban J connectivity index is 2.24. The van der Waals surface area contributed by atoms with Crippen molar-refractivity contribution in [1.29, 1.82) is 5.26 Å². The van der Waals surface area contributed by atoms with Gasteiger partial charge in [0.05, 0.1) is 23.4 Å². The Labute approximate surface area is 123 Å². The normalized spacial score (nSPS) is 9.90. The Hall–Kier alpha value is -2.87. The van der Waals surface area contributed by atoms with Gasteiger partial charge in [0.15, 0.2) is 0 Å². The maximum Gasteiger partial charge on any atom is 0.255 e. The van der Waals surface area contributed by atoms with Crippen LogP contribution in [0, 0.1) is 11.3 Å². The lowest BCUT2D eigenvalue weighted by atomic mass is 10.1. The second kappa shape index (κ2) is 6.53. The Morgan fingerprint density at radius 1 is 1.38 bits per heavy atom. The Kier molecular flexibility index (Phi) is 4.52. The largest absolute Gasteiger partial charge is 0.506 e. The summed E-state index contributed by atoms with van der Waals surface area (Å²) in [4.78, 5) is 17.8. The van der Waals surface area contributed by atoms with Gasteiger partial charge in [0.25, 0.3) is 5.91 Å². The molecule has 5 nitrogen and oxygen atoms in total. The zero-order valence-corrected chi connectivity index (χ0v) is 11.7. The first-order chi connectivity index (χ1) is 10.2. The number of carbonyl (C=O) groups is 1. The number of amides is 1. The molecular weight excluding hydrogens is 266 g/mol. The van der Waals surface area contributed by atoms with Gasteiger partial charge in [-0.2, -0.15) is 5.26 Å². The van der Waals surface area contributed by atoms with E-state index in [0.29, 0.717) is 24.2 Å². The summed E-state index contributed by atoms with van der Waals surface area (Å²) in [5, 5.41) is 18.5. The number of aromatic hydroxyl groups is 1. The van der Waals surface area contributed by atoms with Crippen molar-refractivity contribution >= 4 is 5.91 Å². The highest BCUT2D eigenvalue weighted by atomic mass is 16.3. The number of rotatable bonds is 4. The van der Waals surface area contributed by atoms with E-state index in [1.807, 2.05) is 19.1 Å². The molecule has 1 heterocycles. The lowest BCUT2D eigenvalue weighted by molar-refractivity contribution is 0.0751. The van der Waals surface area contributed by atoms with Crippen molar-refractivity contribution in [2.45, 2.75) is 13.5 Å². The molecule has 0 aliphatic carbocycles. The van der Waals surface area contributed by atoms with E-state index in [-0.39, 0.29) is 11.7 Å². The second-order valence-electron chi connectivity index (χ2n) is 4.52. The van der Waals surface area contributed by atoms with Crippen LogP contribution in [0.15, 0.2) is 42.7 Å². The van der Waals surface area contributed by atoms with Crippen LogP contribution in [-0.4, -0.2) is 27.4 Å². The first-order valence-electron chi connectivity index (χ1n) is 6.57. The van der Waals surface area contributed by atoms with Crippen LogP contribution in [0.5, 0.6) is 5.75 Å². The lowest BCUT2D eigenvalue weighted by Gasteiger charge is -2.21. The first kappa shape index (κ1) is 14.5. The summed E-state index contributed by atoms with van der Waals surface area (Å²) in [6, 6.07) is 10.7. The molecule has 1 N–H and O–H groups in total. The summed E-state index contributed by atoms with van der Waals surface area (Å²) in [5.41, 5.74) is 1.67. The highest BCUT2D eigenvalue weighted by Crippen LogP contribution is 2.15. The SMILES string of the molecule is CCN(Cc1ccccc1C#N)C(=O)c1cncc(O)c1. The maximum absolute atomic E-state index is 12.4. The molecule has 21 heavy (non-hydrogen) atoms. The smallest absolute Gasteiger partial charge is 0.255 e. The molecule has 2 rings (SSSR count). The van der Waals surface area contributed by atoms with Crippen molar-refractivity contribution in [2.75, 3.05) is 6.54 Å². The molecule has 0 fully saturated rings. The van der Waals surface area contributed by atoms with Crippen molar-refractivity contribution < 1.29 is 9.90 Å². The molecule has 1 aromatic carbocycles. The molecule has 5 heteroatoms. The van der Waals surface area contributed by atoms with Gasteiger partial charge in [-0.15, -0.1) is 0 Å². The Morgan fingerprint density at radius 2 is 2.14 bits per heavy atom. The molecule has 0 unspecified atom stereocenters. The fraction of sp³-hybridized carbons (Fsp3) is 0.188. The molecular formula is C16H15N3O2. The third-order valence-corrected chi connectivity index (χ3v) is 3.14. The number of hydrogen-bond donors (Lipinski definition) is 1. The zero-order chi connectivity index (χ0) is 15.2. The Morgan fingerprint density at radius 3 is 2.81 bits per heavy atom. The van der Waals surface area contributed by atoms with Gasteiger partial charge < -0.3 is 10.0 Å². The highest BCUT2D eigenvalue weighted by molar-refractivity contribution is 5.94. The van der Waals surface area contributed by atoms with Crippen LogP contribution in [-0.2, 0) is 6.54 Å². The number of nitriles is 1. The van der Waals surface area contributed by atoms with Crippen LogP contribution in [0.4, 0.5) is 0 Å². The molecule has 0 saturated heterocycles. The molecule has 0 bridgehead atoms. The van der Waals surface area contributed by atoms with Crippen molar-refractivity contribution in [2.24, 2.45) is 0 Å². The van der Waals surface area contributed by atoms with Gasteiger partial charge in [-0.05, 0) is 24.6 Å². The average Bonchev–Trinajstić information content (AvgIpc) is 2.52. The molecule has 1 aromatic heterocycles. The van der Waals surface area contributed by atoms with Crippen LogP contribution in [0.3, 0.4) is 0 Å². The van der Waals surface area contributed by atoms with Gasteiger partial charge >= 0.3 is 0 Å². The lowest BCUT2D eigenvalue weighted by Crippen LogP contribution is -2.30. The molecule has 0 radical (unpaired) electrons. The summed E-state index contributed by atoms with van der Waals surface area (Å²) in [6.07, 6.45) is 2.69. The maximum atomic E-state index is 12.4. The molecule has 0 aliphatic rings. The van der Waals surface area contributed by atoms with Crippen LogP contribution in [0.1, 0.15) is 28.4 Å². The molecule has 1 amide bonds. The van der Waals surface area contributed by atoms with E-state index in [9.17, 15) is 9.90 Å². The van der Waals surface area contributed by atoms with E-state index in [0.717, 1.165) is 5.56 Å². The number of pyridine rings is 1. The van der Waals surface area contributed by atoms with Gasteiger partial charge in [0.1, 0.15) is 5.75 Å². The highest BCUT2D eigenvalue weighted by Gasteiger charge is 2.16. The molecule has 2 aromatic rings. The van der Waals surface area contributed by atoms with E-state index in [1.165, 1.54) is 18.5 Å². The predicted octanol–water partition coefficient (Wildman–Crippen LogP) is 2.32. The summed E-state index contributed by atoms with van der Waals surface area (Å²) in [6.45, 7) is 2.70. The summed E-state index contributed by atoms with van der Waals surface area (Å²) < 4.78 is 0. The minimum absolute atomic E-state index is 0.0469. The fourth-order valence-corrected chi connectivity index (χ4v) is 2.03. The van der Waals surface area contributed by atoms with E-state index < -0.39 is 0 Å². The third-order valence-electron chi connectivity index (χ3n) is 3.14. The third kappa shape index (κ3) is 3.37. The zero-order valence-electron chi connectivity index (χ0n) is 11.7. The molecule has 0 saturated carbocycles. The van der Waals surface area contributed by atoms with E-state index in [4.69, 9.17) is 5.26 Å². The monoisotopic (exact) mass is 281 g/mol. The van der Waals surface area contributed by atoms with Crippen LogP contribution >= 0.6 is 0 Å². The number of hydrogen-bond acceptors (Lipinski definition) is 4. The van der Waals surface area contributed by atoms with Crippen molar-refractivity contribution in [3.63, 3.8) is 0 Å². The molecule has 0 spiro atoms. The van der Waals surface area contributed by atoms with E-state index >= 15 is 0 Å². The first-order valence-corrected chi connectivity index (χ1v) is 6.57. The number of carbonyl (C=O) groups excluding carboxylic acids is 1. The molecule has 106 valence electrons. The van der Waals surface area contributed by atoms with Crippen molar-refractivity contribution in [3.05, 3.63) is 59.4 Å². The average molecular weight is 281 g/mol. The van der Waals surface area contributed by atoms with Crippen molar-refractivity contribution in [3.8, 4) is 11.8 Å². The molecule has 0 atom stereocenters. The molecule has 0 aliphatic heterocycles. The van der Waals surface area contributed by atoms with Gasteiger partial charge in [-0.1, -0.05) is 18.2 Å². The van der Waals surface area contributed by atoms with E-state index in [2.05, 4.69) is 11.1 Å².